The molecule has 1 aromatic rings. The van der Waals surface area contributed by atoms with Crippen LogP contribution in [0.15, 0.2) is 24.3 Å². The smallest absolute Gasteiger partial charge is 0.407 e. The predicted octanol–water partition coefficient (Wildman–Crippen LogP) is 2.28. The molecule has 1 rings (SSSR count). The third-order valence-corrected chi connectivity index (χ3v) is 5.76. The van der Waals surface area contributed by atoms with Crippen molar-refractivity contribution in [1.29, 1.82) is 0 Å². The van der Waals surface area contributed by atoms with Crippen LogP contribution in [0.5, 0.6) is 0 Å². The van der Waals surface area contributed by atoms with Crippen molar-refractivity contribution in [3.8, 4) is 0 Å². The topological polar surface area (TPSA) is 154 Å². The number of anilines is 1. The number of nitrogens with one attached hydrogen (secondary N) is 3. The van der Waals surface area contributed by atoms with Crippen molar-refractivity contribution in [1.82, 2.24) is 16.0 Å². The van der Waals surface area contributed by atoms with E-state index in [1.807, 2.05) is 51.9 Å². The van der Waals surface area contributed by atoms with Gasteiger partial charge in [-0.2, -0.15) is 0 Å². The molecule has 244 valence electrons. The first kappa shape index (κ1) is 37.6. The van der Waals surface area contributed by atoms with Crippen molar-refractivity contribution in [3.63, 3.8) is 0 Å². The van der Waals surface area contributed by atoms with Crippen molar-refractivity contribution in [3.05, 3.63) is 29.8 Å². The largest absolute Gasteiger partial charge is 0.467 e. The minimum absolute atomic E-state index is 0.0522. The van der Waals surface area contributed by atoms with Crippen LogP contribution < -0.4 is 20.9 Å². The summed E-state index contributed by atoms with van der Waals surface area (Å²) in [6.07, 6.45) is 1.02. The van der Waals surface area contributed by atoms with E-state index in [1.54, 1.807) is 12.1 Å². The van der Waals surface area contributed by atoms with Gasteiger partial charge in [-0.15, -0.1) is 0 Å². The second-order valence-electron chi connectivity index (χ2n) is 10.9. The van der Waals surface area contributed by atoms with Crippen molar-refractivity contribution < 1.29 is 42.9 Å². The van der Waals surface area contributed by atoms with E-state index < -0.39 is 29.6 Å². The highest BCUT2D eigenvalue weighted by Gasteiger charge is 2.23. The predicted molar refractivity (Wildman–Crippen MR) is 162 cm³/mol. The summed E-state index contributed by atoms with van der Waals surface area (Å²) in [6, 6.07) is 6.02. The van der Waals surface area contributed by atoms with Gasteiger partial charge in [-0.1, -0.05) is 0 Å². The highest BCUT2D eigenvalue weighted by molar-refractivity contribution is 5.97. The number of carbonyl (C=O) groups excluding carboxylic acids is 4. The average Bonchev–Trinajstić information content (AvgIpc) is 2.95. The Hall–Kier alpha value is -3.42. The first-order chi connectivity index (χ1) is 20.4. The van der Waals surface area contributed by atoms with E-state index >= 15 is 0 Å². The van der Waals surface area contributed by atoms with Gasteiger partial charge in [0.05, 0.1) is 33.5 Å². The number of carbonyl (C=O) groups is 4. The number of hydrogen-bond donors (Lipinski definition) is 3. The summed E-state index contributed by atoms with van der Waals surface area (Å²) in [5.74, 6) is -1.26. The molecule has 0 aliphatic rings. The van der Waals surface area contributed by atoms with Crippen LogP contribution in [0.4, 0.5) is 10.5 Å². The Morgan fingerprint density at radius 1 is 0.814 bits per heavy atom. The molecule has 0 saturated heterocycles. The SMILES string of the molecule is COC(=O)C(CCC(=O)NCCCOCCOCCOCCCNC(=O)OC(C)(C)C)NC(=O)c1ccc(N(C)C)cc1. The van der Waals surface area contributed by atoms with Crippen molar-refractivity contribution in [2.45, 2.75) is 58.1 Å². The van der Waals surface area contributed by atoms with E-state index in [-0.39, 0.29) is 18.7 Å². The van der Waals surface area contributed by atoms with Gasteiger partial charge in [-0.25, -0.2) is 9.59 Å². The van der Waals surface area contributed by atoms with E-state index in [1.165, 1.54) is 7.11 Å². The first-order valence-corrected chi connectivity index (χ1v) is 14.6. The van der Waals surface area contributed by atoms with E-state index in [0.29, 0.717) is 71.1 Å². The minimum Gasteiger partial charge on any atom is -0.467 e. The fraction of sp³-hybridized carbons (Fsp3) is 0.667. The number of benzene rings is 1. The van der Waals surface area contributed by atoms with Crippen LogP contribution >= 0.6 is 0 Å². The number of nitrogens with zero attached hydrogens (tertiary/aromatic N) is 1. The summed E-state index contributed by atoms with van der Waals surface area (Å²) in [5.41, 5.74) is 0.834. The van der Waals surface area contributed by atoms with E-state index in [4.69, 9.17) is 23.7 Å². The van der Waals surface area contributed by atoms with Crippen LogP contribution in [0.1, 0.15) is 56.8 Å². The van der Waals surface area contributed by atoms with Crippen LogP contribution in [-0.2, 0) is 33.3 Å². The van der Waals surface area contributed by atoms with Gasteiger partial charge in [-0.05, 0) is 64.3 Å². The van der Waals surface area contributed by atoms with E-state index in [9.17, 15) is 19.2 Å². The second kappa shape index (κ2) is 21.3. The Labute approximate surface area is 255 Å². The zero-order chi connectivity index (χ0) is 32.1. The molecule has 0 aliphatic heterocycles. The van der Waals surface area contributed by atoms with Gasteiger partial charge in [0.1, 0.15) is 11.6 Å². The van der Waals surface area contributed by atoms with E-state index in [0.717, 1.165) is 5.69 Å². The molecule has 0 aliphatic carbocycles. The summed E-state index contributed by atoms with van der Waals surface area (Å²) in [5, 5.41) is 8.11. The molecule has 13 heteroatoms. The molecule has 43 heavy (non-hydrogen) atoms. The summed E-state index contributed by atoms with van der Waals surface area (Å²) in [7, 11) is 5.04. The van der Waals surface area contributed by atoms with Gasteiger partial charge in [0, 0.05) is 58.1 Å². The van der Waals surface area contributed by atoms with Crippen LogP contribution in [0.3, 0.4) is 0 Å². The second-order valence-corrected chi connectivity index (χ2v) is 10.9. The Morgan fingerprint density at radius 2 is 1.35 bits per heavy atom. The third kappa shape index (κ3) is 18.7. The third-order valence-electron chi connectivity index (χ3n) is 5.76. The zero-order valence-corrected chi connectivity index (χ0v) is 26.5. The Morgan fingerprint density at radius 3 is 1.86 bits per heavy atom. The Balaban J connectivity index is 2.07. The number of amides is 3. The molecule has 3 N–H and O–H groups in total. The molecule has 0 saturated carbocycles. The van der Waals surface area contributed by atoms with Crippen molar-refractivity contribution >= 4 is 29.6 Å². The van der Waals surface area contributed by atoms with Gasteiger partial charge < -0.3 is 44.5 Å². The maximum absolute atomic E-state index is 12.6. The molecule has 0 radical (unpaired) electrons. The van der Waals surface area contributed by atoms with Crippen molar-refractivity contribution in [2.24, 2.45) is 0 Å². The molecule has 0 spiro atoms. The number of hydrogen-bond acceptors (Lipinski definition) is 10. The fourth-order valence-corrected chi connectivity index (χ4v) is 3.53. The maximum atomic E-state index is 12.6. The quantitative estimate of drug-likeness (QED) is 0.140. The van der Waals surface area contributed by atoms with Crippen LogP contribution in [0, 0.1) is 0 Å². The summed E-state index contributed by atoms with van der Waals surface area (Å²) >= 11 is 0. The lowest BCUT2D eigenvalue weighted by Crippen LogP contribution is -2.42. The Kier molecular flexibility index (Phi) is 18.6. The van der Waals surface area contributed by atoms with Gasteiger partial charge in [0.25, 0.3) is 5.91 Å². The monoisotopic (exact) mass is 610 g/mol. The highest BCUT2D eigenvalue weighted by atomic mass is 16.6. The molecular weight excluding hydrogens is 560 g/mol. The molecule has 1 unspecified atom stereocenters. The van der Waals surface area contributed by atoms with E-state index in [2.05, 4.69) is 16.0 Å². The number of alkyl carbamates (subject to hydrolysis) is 1. The molecule has 0 heterocycles. The molecule has 3 amide bonds. The molecule has 0 aromatic heterocycles. The minimum atomic E-state index is -0.938. The molecule has 1 aromatic carbocycles. The number of ether oxygens (including phenoxy) is 5. The highest BCUT2D eigenvalue weighted by Crippen LogP contribution is 2.13. The summed E-state index contributed by atoms with van der Waals surface area (Å²) in [6.45, 7) is 9.03. The van der Waals surface area contributed by atoms with Gasteiger partial charge in [0.15, 0.2) is 0 Å². The number of rotatable bonds is 21. The summed E-state index contributed by atoms with van der Waals surface area (Å²) in [4.78, 5) is 50.4. The van der Waals surface area contributed by atoms with Crippen LogP contribution in [-0.4, -0.2) is 109 Å². The van der Waals surface area contributed by atoms with Crippen LogP contribution in [0.2, 0.25) is 0 Å². The lowest BCUT2D eigenvalue weighted by molar-refractivity contribution is -0.143. The number of esters is 1. The lowest BCUT2D eigenvalue weighted by Gasteiger charge is -2.19. The number of methoxy groups -OCH3 is 1. The maximum Gasteiger partial charge on any atom is 0.407 e. The van der Waals surface area contributed by atoms with Gasteiger partial charge in [-0.3, -0.25) is 9.59 Å². The van der Waals surface area contributed by atoms with Gasteiger partial charge in [0.2, 0.25) is 5.91 Å². The Bertz CT molecular complexity index is 965. The normalized spacial score (nSPS) is 11.8. The molecule has 0 bridgehead atoms. The van der Waals surface area contributed by atoms with Crippen LogP contribution in [0.25, 0.3) is 0 Å². The zero-order valence-electron chi connectivity index (χ0n) is 26.5. The fourth-order valence-electron chi connectivity index (χ4n) is 3.53. The van der Waals surface area contributed by atoms with Crippen molar-refractivity contribution in [2.75, 3.05) is 78.8 Å². The molecule has 0 fully saturated rings. The molecular formula is C30H50N4O9. The molecule has 1 atom stereocenters. The average molecular weight is 611 g/mol. The lowest BCUT2D eigenvalue weighted by atomic mass is 10.1. The first-order valence-electron chi connectivity index (χ1n) is 14.6. The molecule has 13 nitrogen and oxygen atoms in total. The van der Waals surface area contributed by atoms with Gasteiger partial charge >= 0.3 is 12.1 Å². The standard InChI is InChI=1S/C30H50N4O9/c1-30(2,3)43-29(38)32-16-8-18-41-20-22-42-21-19-40-17-7-15-31-26(35)14-13-25(28(37)39-6)33-27(36)23-9-11-24(12-10-23)34(4)5/h9-12,25H,7-8,13-22H2,1-6H3,(H,31,35)(H,32,38)(H,33,36). The summed E-state index contributed by atoms with van der Waals surface area (Å²) < 4.78 is 26.4.